The maximum atomic E-state index is 13.9. The number of amides is 1. The van der Waals surface area contributed by atoms with E-state index in [1.807, 2.05) is 6.92 Å². The van der Waals surface area contributed by atoms with Gasteiger partial charge in [0, 0.05) is 37.1 Å². The Kier molecular flexibility index (Phi) is 3.74. The van der Waals surface area contributed by atoms with Gasteiger partial charge in [-0.05, 0) is 24.6 Å². The maximum absolute atomic E-state index is 13.9. The third kappa shape index (κ3) is 2.79. The highest BCUT2D eigenvalue weighted by Crippen LogP contribution is 2.26. The molecule has 0 saturated carbocycles. The van der Waals surface area contributed by atoms with E-state index in [4.69, 9.17) is 5.73 Å². The standard InChI is InChI=1S/C14H17FN4O/c1-9-4-11(12(15)5-13(9)16)10-6-17-19(7-10)8-14(20)18(2)3/h4-7H,8,16H2,1-3H3. The molecule has 2 N–H and O–H groups in total. The lowest BCUT2D eigenvalue weighted by molar-refractivity contribution is -0.129. The fraction of sp³-hybridized carbons (Fsp3) is 0.286. The van der Waals surface area contributed by atoms with Crippen LogP contribution < -0.4 is 5.73 Å². The summed E-state index contributed by atoms with van der Waals surface area (Å²) >= 11 is 0. The number of nitrogens with two attached hydrogens (primary N) is 1. The van der Waals surface area contributed by atoms with Crippen LogP contribution >= 0.6 is 0 Å². The minimum Gasteiger partial charge on any atom is -0.398 e. The molecule has 0 bridgehead atoms. The fourth-order valence-electron chi connectivity index (χ4n) is 1.79. The number of likely N-dealkylation sites (N-methyl/N-ethyl adjacent to an activating group) is 1. The zero-order valence-electron chi connectivity index (χ0n) is 11.7. The van der Waals surface area contributed by atoms with Crippen molar-refractivity contribution in [2.24, 2.45) is 0 Å². The number of nitrogen functional groups attached to an aromatic ring is 1. The predicted molar refractivity (Wildman–Crippen MR) is 75.5 cm³/mol. The van der Waals surface area contributed by atoms with Crippen LogP contribution in [-0.4, -0.2) is 34.7 Å². The number of aromatic nitrogens is 2. The first-order chi connectivity index (χ1) is 9.38. The number of aryl methyl sites for hydroxylation is 1. The normalized spacial score (nSPS) is 10.6. The molecule has 0 aliphatic rings. The number of anilines is 1. The number of rotatable bonds is 3. The third-order valence-corrected chi connectivity index (χ3v) is 3.10. The van der Waals surface area contributed by atoms with Gasteiger partial charge < -0.3 is 10.6 Å². The van der Waals surface area contributed by atoms with Crippen LogP contribution in [0.25, 0.3) is 11.1 Å². The Morgan fingerprint density at radius 2 is 2.15 bits per heavy atom. The van der Waals surface area contributed by atoms with Gasteiger partial charge in [0.1, 0.15) is 12.4 Å². The van der Waals surface area contributed by atoms with Crippen LogP contribution in [0.15, 0.2) is 24.5 Å². The summed E-state index contributed by atoms with van der Waals surface area (Å²) in [6.07, 6.45) is 3.19. The molecule has 1 amide bonds. The molecule has 106 valence electrons. The topological polar surface area (TPSA) is 64.2 Å². The highest BCUT2D eigenvalue weighted by atomic mass is 19.1. The van der Waals surface area contributed by atoms with Crippen molar-refractivity contribution in [3.63, 3.8) is 0 Å². The van der Waals surface area contributed by atoms with E-state index < -0.39 is 5.82 Å². The number of carbonyl (C=O) groups is 1. The molecule has 0 aliphatic heterocycles. The largest absolute Gasteiger partial charge is 0.398 e. The molecule has 2 aromatic rings. The summed E-state index contributed by atoms with van der Waals surface area (Å²) in [4.78, 5) is 13.1. The molecule has 0 spiro atoms. The lowest BCUT2D eigenvalue weighted by Gasteiger charge is -2.09. The molecular formula is C14H17FN4O. The Morgan fingerprint density at radius 3 is 2.80 bits per heavy atom. The summed E-state index contributed by atoms with van der Waals surface area (Å²) in [6, 6.07) is 2.98. The van der Waals surface area contributed by atoms with Crippen LogP contribution in [0.1, 0.15) is 5.56 Å². The molecular weight excluding hydrogens is 259 g/mol. The van der Waals surface area contributed by atoms with Crippen molar-refractivity contribution in [2.45, 2.75) is 13.5 Å². The molecule has 0 unspecified atom stereocenters. The molecule has 6 heteroatoms. The average Bonchev–Trinajstić information content (AvgIpc) is 2.82. The minimum atomic E-state index is -0.397. The van der Waals surface area contributed by atoms with Crippen molar-refractivity contribution in [2.75, 3.05) is 19.8 Å². The van der Waals surface area contributed by atoms with E-state index in [2.05, 4.69) is 5.10 Å². The van der Waals surface area contributed by atoms with Crippen LogP contribution in [-0.2, 0) is 11.3 Å². The molecule has 0 radical (unpaired) electrons. The number of nitrogens with zero attached hydrogens (tertiary/aromatic N) is 3. The Balaban J connectivity index is 2.29. The van der Waals surface area contributed by atoms with Crippen LogP contribution in [0, 0.1) is 12.7 Å². The molecule has 5 nitrogen and oxygen atoms in total. The van der Waals surface area contributed by atoms with Crippen LogP contribution in [0.4, 0.5) is 10.1 Å². The number of benzene rings is 1. The maximum Gasteiger partial charge on any atom is 0.243 e. The van der Waals surface area contributed by atoms with Crippen LogP contribution in [0.5, 0.6) is 0 Å². The van der Waals surface area contributed by atoms with Gasteiger partial charge in [0.25, 0.3) is 0 Å². The Hall–Kier alpha value is -2.37. The summed E-state index contributed by atoms with van der Waals surface area (Å²) in [6.45, 7) is 1.95. The lowest BCUT2D eigenvalue weighted by Crippen LogP contribution is -2.26. The second-order valence-electron chi connectivity index (χ2n) is 4.90. The number of carbonyl (C=O) groups excluding carboxylic acids is 1. The zero-order valence-corrected chi connectivity index (χ0v) is 11.7. The van der Waals surface area contributed by atoms with Gasteiger partial charge in [0.2, 0.25) is 5.91 Å². The highest BCUT2D eigenvalue weighted by Gasteiger charge is 2.12. The molecule has 0 atom stereocenters. The summed E-state index contributed by atoms with van der Waals surface area (Å²) in [5, 5.41) is 4.08. The average molecular weight is 276 g/mol. The minimum absolute atomic E-state index is 0.0754. The van der Waals surface area contributed by atoms with Crippen molar-refractivity contribution in [3.8, 4) is 11.1 Å². The molecule has 20 heavy (non-hydrogen) atoms. The lowest BCUT2D eigenvalue weighted by atomic mass is 10.0. The number of halogens is 1. The Labute approximate surface area is 116 Å². The van der Waals surface area contributed by atoms with Crippen LogP contribution in [0.2, 0.25) is 0 Å². The molecule has 1 aromatic heterocycles. The van der Waals surface area contributed by atoms with Gasteiger partial charge in [0.15, 0.2) is 0 Å². The van der Waals surface area contributed by atoms with E-state index in [0.29, 0.717) is 16.8 Å². The third-order valence-electron chi connectivity index (χ3n) is 3.10. The van der Waals surface area contributed by atoms with Gasteiger partial charge in [-0.3, -0.25) is 9.48 Å². The van der Waals surface area contributed by atoms with E-state index in [0.717, 1.165) is 5.56 Å². The van der Waals surface area contributed by atoms with E-state index in [9.17, 15) is 9.18 Å². The van der Waals surface area contributed by atoms with Crippen LogP contribution in [0.3, 0.4) is 0 Å². The van der Waals surface area contributed by atoms with Gasteiger partial charge in [0.05, 0.1) is 6.20 Å². The highest BCUT2D eigenvalue weighted by molar-refractivity contribution is 5.75. The van der Waals surface area contributed by atoms with Crippen molar-refractivity contribution in [1.29, 1.82) is 0 Å². The van der Waals surface area contributed by atoms with Gasteiger partial charge in [-0.2, -0.15) is 5.10 Å². The molecule has 0 fully saturated rings. The molecule has 0 aliphatic carbocycles. The van der Waals surface area contributed by atoms with E-state index in [1.165, 1.54) is 21.8 Å². The van der Waals surface area contributed by atoms with Crippen molar-refractivity contribution >= 4 is 11.6 Å². The van der Waals surface area contributed by atoms with Gasteiger partial charge >= 0.3 is 0 Å². The van der Waals surface area contributed by atoms with Gasteiger partial charge in [-0.25, -0.2) is 4.39 Å². The smallest absolute Gasteiger partial charge is 0.243 e. The van der Waals surface area contributed by atoms with Gasteiger partial charge in [-0.1, -0.05) is 0 Å². The summed E-state index contributed by atoms with van der Waals surface area (Å²) in [5.41, 5.74) is 7.94. The Morgan fingerprint density at radius 1 is 1.45 bits per heavy atom. The van der Waals surface area contributed by atoms with E-state index in [-0.39, 0.29) is 12.5 Å². The van der Waals surface area contributed by atoms with E-state index in [1.54, 1.807) is 26.4 Å². The van der Waals surface area contributed by atoms with Gasteiger partial charge in [-0.15, -0.1) is 0 Å². The van der Waals surface area contributed by atoms with Crippen molar-refractivity contribution in [3.05, 3.63) is 35.9 Å². The monoisotopic (exact) mass is 276 g/mol. The first-order valence-electron chi connectivity index (χ1n) is 6.17. The molecule has 1 aromatic carbocycles. The quantitative estimate of drug-likeness (QED) is 0.867. The molecule has 1 heterocycles. The van der Waals surface area contributed by atoms with Crippen molar-refractivity contribution in [1.82, 2.24) is 14.7 Å². The number of hydrogen-bond donors (Lipinski definition) is 1. The summed E-state index contributed by atoms with van der Waals surface area (Å²) < 4.78 is 15.4. The van der Waals surface area contributed by atoms with Crippen molar-refractivity contribution < 1.29 is 9.18 Å². The summed E-state index contributed by atoms with van der Waals surface area (Å²) in [7, 11) is 3.35. The predicted octanol–water partition coefficient (Wildman–Crippen LogP) is 1.67. The SMILES string of the molecule is Cc1cc(-c2cnn(CC(=O)N(C)C)c2)c(F)cc1N. The second-order valence-corrected chi connectivity index (χ2v) is 4.90. The van der Waals surface area contributed by atoms with E-state index >= 15 is 0 Å². The summed E-state index contributed by atoms with van der Waals surface area (Å²) in [5.74, 6) is -0.472. The zero-order chi connectivity index (χ0) is 14.9. The number of hydrogen-bond acceptors (Lipinski definition) is 3. The Bertz CT molecular complexity index is 649. The fourth-order valence-corrected chi connectivity index (χ4v) is 1.79. The second kappa shape index (κ2) is 5.32. The molecule has 2 rings (SSSR count). The first kappa shape index (κ1) is 14.0. The first-order valence-corrected chi connectivity index (χ1v) is 6.17. The molecule has 0 saturated heterocycles.